The average Bonchev–Trinajstić information content (AvgIpc) is 3.21. The summed E-state index contributed by atoms with van der Waals surface area (Å²) in [6, 6.07) is 8.95. The van der Waals surface area contributed by atoms with Crippen molar-refractivity contribution in [1.82, 2.24) is 14.7 Å². The van der Waals surface area contributed by atoms with Gasteiger partial charge in [-0.05, 0) is 31.2 Å². The van der Waals surface area contributed by atoms with Crippen LogP contribution in [0.4, 0.5) is 0 Å². The zero-order valence-corrected chi connectivity index (χ0v) is 22.4. The van der Waals surface area contributed by atoms with Gasteiger partial charge >= 0.3 is 0 Å². The van der Waals surface area contributed by atoms with E-state index in [4.69, 9.17) is 4.74 Å². The van der Waals surface area contributed by atoms with Gasteiger partial charge in [0, 0.05) is 39.3 Å². The molecule has 5 rings (SSSR count). The van der Waals surface area contributed by atoms with Crippen molar-refractivity contribution in [1.29, 1.82) is 0 Å². The summed E-state index contributed by atoms with van der Waals surface area (Å²) in [5, 5.41) is 9.40. The predicted molar refractivity (Wildman–Crippen MR) is 143 cm³/mol. The highest BCUT2D eigenvalue weighted by Gasteiger charge is 2.75. The minimum Gasteiger partial charge on any atom is -0.396 e. The van der Waals surface area contributed by atoms with Gasteiger partial charge in [-0.15, -0.1) is 0 Å². The number of aliphatic hydroxyl groups excluding tert-OH is 1. The number of aliphatic hydroxyl groups is 1. The second kappa shape index (κ2) is 10.7. The first-order valence-electron chi connectivity index (χ1n) is 14.0. The highest BCUT2D eigenvalue weighted by molar-refractivity contribution is 6.00. The molecular weight excluding hydrogens is 482 g/mol. The van der Waals surface area contributed by atoms with E-state index in [2.05, 4.69) is 0 Å². The molecule has 4 aliphatic rings. The third-order valence-electron chi connectivity index (χ3n) is 8.62. The van der Waals surface area contributed by atoms with Crippen molar-refractivity contribution in [3.63, 3.8) is 0 Å². The Kier molecular flexibility index (Phi) is 7.47. The number of amides is 3. The van der Waals surface area contributed by atoms with Gasteiger partial charge in [0.15, 0.2) is 0 Å². The Morgan fingerprint density at radius 2 is 1.63 bits per heavy atom. The second-order valence-electron chi connectivity index (χ2n) is 10.9. The molecule has 4 heterocycles. The zero-order chi connectivity index (χ0) is 26.9. The molecule has 0 radical (unpaired) electrons. The summed E-state index contributed by atoms with van der Waals surface area (Å²) in [5.41, 5.74) is -1.17. The summed E-state index contributed by atoms with van der Waals surface area (Å²) in [7, 11) is 0. The highest BCUT2D eigenvalue weighted by Crippen LogP contribution is 2.58. The molecule has 5 atom stereocenters. The first kappa shape index (κ1) is 26.6. The molecule has 38 heavy (non-hydrogen) atoms. The molecule has 1 N–H and O–H groups in total. The number of nitrogens with zero attached hydrogens (tertiary/aromatic N) is 3. The van der Waals surface area contributed by atoms with Gasteiger partial charge in [-0.25, -0.2) is 0 Å². The van der Waals surface area contributed by atoms with Crippen molar-refractivity contribution >= 4 is 17.7 Å². The molecule has 8 nitrogen and oxygen atoms in total. The van der Waals surface area contributed by atoms with Gasteiger partial charge in [0.25, 0.3) is 0 Å². The maximum Gasteiger partial charge on any atom is 0.249 e. The number of hydrogen-bond donors (Lipinski definition) is 1. The molecule has 0 bridgehead atoms. The standard InChI is InChI=1S/C30H39N3O5/c1-3-16-31-17-10-14-29(4-2)23(26(31)35)24-27(36)33(19-8-9-20-34)25-28(37)32(18-11-15-30(24,25)38-29)21-22-12-6-5-7-13-22/h5-7,10-15,23-25,34H,3-4,8-9,16-21H2,1-2H3/t23-,24-,25?,29+,30-/m0/s1. The zero-order valence-electron chi connectivity index (χ0n) is 22.4. The molecule has 2 saturated heterocycles. The Morgan fingerprint density at radius 1 is 0.895 bits per heavy atom. The number of fused-ring (bicyclic) bond motifs is 2. The quantitative estimate of drug-likeness (QED) is 0.399. The van der Waals surface area contributed by atoms with Gasteiger partial charge in [-0.1, -0.05) is 68.5 Å². The number of carbonyl (C=O) groups excluding carboxylic acids is 3. The normalized spacial score (nSPS) is 32.3. The van der Waals surface area contributed by atoms with Crippen molar-refractivity contribution < 1.29 is 24.2 Å². The third kappa shape index (κ3) is 4.18. The lowest BCUT2D eigenvalue weighted by molar-refractivity contribution is -0.154. The van der Waals surface area contributed by atoms with Crippen LogP contribution < -0.4 is 0 Å². The van der Waals surface area contributed by atoms with E-state index in [0.717, 1.165) is 12.0 Å². The SMILES string of the molecule is CCCN1CC=C[C@@]2(CC)O[C@]34C=CCN(Cc5ccccc5)C(=O)C3N(CCCCO)C(=O)[C@@H]4[C@H]2C1=O. The fraction of sp³-hybridized carbons (Fsp3) is 0.567. The van der Waals surface area contributed by atoms with Crippen molar-refractivity contribution in [3.8, 4) is 0 Å². The summed E-state index contributed by atoms with van der Waals surface area (Å²) in [4.78, 5) is 47.9. The van der Waals surface area contributed by atoms with E-state index in [9.17, 15) is 19.5 Å². The summed E-state index contributed by atoms with van der Waals surface area (Å²) in [5.74, 6) is -1.92. The van der Waals surface area contributed by atoms with E-state index < -0.39 is 29.1 Å². The maximum absolute atomic E-state index is 14.3. The van der Waals surface area contributed by atoms with Crippen LogP contribution in [0.3, 0.4) is 0 Å². The highest BCUT2D eigenvalue weighted by atomic mass is 16.5. The van der Waals surface area contributed by atoms with Crippen LogP contribution in [0.15, 0.2) is 54.6 Å². The van der Waals surface area contributed by atoms with Crippen LogP contribution in [0, 0.1) is 11.8 Å². The number of unbranched alkanes of at least 4 members (excludes halogenated alkanes) is 1. The van der Waals surface area contributed by atoms with Gasteiger partial charge in [0.2, 0.25) is 17.7 Å². The molecule has 4 aliphatic heterocycles. The summed E-state index contributed by atoms with van der Waals surface area (Å²) < 4.78 is 6.97. The van der Waals surface area contributed by atoms with E-state index in [1.165, 1.54) is 0 Å². The molecular formula is C30H39N3O5. The predicted octanol–water partition coefficient (Wildman–Crippen LogP) is 2.53. The molecule has 1 aromatic rings. The number of ether oxygens (including phenoxy) is 1. The Hall–Kier alpha value is -2.97. The largest absolute Gasteiger partial charge is 0.396 e. The van der Waals surface area contributed by atoms with Crippen molar-refractivity contribution in [2.45, 2.75) is 63.3 Å². The lowest BCUT2D eigenvalue weighted by atomic mass is 9.73. The summed E-state index contributed by atoms with van der Waals surface area (Å²) in [6.07, 6.45) is 10.2. The summed E-state index contributed by atoms with van der Waals surface area (Å²) >= 11 is 0. The lowest BCUT2D eigenvalue weighted by Gasteiger charge is -2.38. The molecule has 3 amide bonds. The Morgan fingerprint density at radius 3 is 2.34 bits per heavy atom. The number of benzene rings is 1. The van der Waals surface area contributed by atoms with Crippen LogP contribution in [0.1, 0.15) is 45.1 Å². The van der Waals surface area contributed by atoms with Crippen LogP contribution >= 0.6 is 0 Å². The monoisotopic (exact) mass is 521 g/mol. The molecule has 0 saturated carbocycles. The van der Waals surface area contributed by atoms with E-state index in [0.29, 0.717) is 52.0 Å². The van der Waals surface area contributed by atoms with E-state index in [1.54, 1.807) is 9.80 Å². The first-order chi connectivity index (χ1) is 18.4. The molecule has 0 aromatic heterocycles. The third-order valence-corrected chi connectivity index (χ3v) is 8.62. The van der Waals surface area contributed by atoms with Crippen LogP contribution in [-0.2, 0) is 25.7 Å². The fourth-order valence-electron chi connectivity index (χ4n) is 6.91. The topological polar surface area (TPSA) is 90.4 Å². The van der Waals surface area contributed by atoms with Gasteiger partial charge in [0.1, 0.15) is 11.6 Å². The van der Waals surface area contributed by atoms with E-state index >= 15 is 0 Å². The van der Waals surface area contributed by atoms with Gasteiger partial charge in [-0.3, -0.25) is 14.4 Å². The maximum atomic E-state index is 14.3. The molecule has 1 spiro atoms. The Labute approximate surface area is 224 Å². The molecule has 2 fully saturated rings. The van der Waals surface area contributed by atoms with Crippen molar-refractivity contribution in [2.24, 2.45) is 11.8 Å². The van der Waals surface area contributed by atoms with Crippen LogP contribution in [0.2, 0.25) is 0 Å². The van der Waals surface area contributed by atoms with Crippen LogP contribution in [-0.4, -0.2) is 87.6 Å². The van der Waals surface area contributed by atoms with Gasteiger partial charge < -0.3 is 24.5 Å². The van der Waals surface area contributed by atoms with Crippen LogP contribution in [0.25, 0.3) is 0 Å². The minimum absolute atomic E-state index is 0.0164. The number of rotatable bonds is 9. The van der Waals surface area contributed by atoms with Crippen molar-refractivity contribution in [3.05, 3.63) is 60.2 Å². The number of carbonyl (C=O) groups is 3. The van der Waals surface area contributed by atoms with E-state index in [-0.39, 0.29) is 24.3 Å². The lowest BCUT2D eigenvalue weighted by Crippen LogP contribution is -2.56. The molecule has 1 aromatic carbocycles. The van der Waals surface area contributed by atoms with E-state index in [1.807, 2.05) is 73.4 Å². The van der Waals surface area contributed by atoms with Crippen LogP contribution in [0.5, 0.6) is 0 Å². The molecule has 0 aliphatic carbocycles. The fourth-order valence-corrected chi connectivity index (χ4v) is 6.91. The van der Waals surface area contributed by atoms with Crippen molar-refractivity contribution in [2.75, 3.05) is 32.8 Å². The van der Waals surface area contributed by atoms with Gasteiger partial charge in [-0.2, -0.15) is 0 Å². The minimum atomic E-state index is -1.23. The Balaban J connectivity index is 1.59. The Bertz CT molecular complexity index is 1120. The first-order valence-corrected chi connectivity index (χ1v) is 14.0. The second-order valence-corrected chi connectivity index (χ2v) is 10.9. The average molecular weight is 522 g/mol. The number of likely N-dealkylation sites (tertiary alicyclic amines) is 1. The molecule has 204 valence electrons. The smallest absolute Gasteiger partial charge is 0.249 e. The summed E-state index contributed by atoms with van der Waals surface area (Å²) in [6.45, 7) is 6.29. The molecule has 8 heteroatoms. The van der Waals surface area contributed by atoms with Gasteiger partial charge in [0.05, 0.1) is 17.4 Å². The number of hydrogen-bond acceptors (Lipinski definition) is 5. The molecule has 1 unspecified atom stereocenters.